The first-order valence-electron chi connectivity index (χ1n) is 11.6. The topological polar surface area (TPSA) is 69.2 Å². The maximum absolute atomic E-state index is 13.4. The van der Waals surface area contributed by atoms with Crippen LogP contribution in [0.3, 0.4) is 0 Å². The largest absolute Gasteiger partial charge is 0.508 e. The predicted octanol–water partition coefficient (Wildman–Crippen LogP) is 5.85. The zero-order valence-corrected chi connectivity index (χ0v) is 20.7. The summed E-state index contributed by atoms with van der Waals surface area (Å²) in [5, 5.41) is 13.6. The quantitative estimate of drug-likeness (QED) is 0.317. The van der Waals surface area contributed by atoms with Crippen LogP contribution in [0, 0.1) is 5.92 Å². The number of phenolic OH excluding ortho intramolecular Hbond substituents is 1. The van der Waals surface area contributed by atoms with Crippen LogP contribution < -0.4 is 11.2 Å². The average Bonchev–Trinajstić information content (AvgIpc) is 3.18. The van der Waals surface area contributed by atoms with Crippen molar-refractivity contribution >= 4 is 33.4 Å². The van der Waals surface area contributed by atoms with Crippen molar-refractivity contribution in [2.24, 2.45) is 13.0 Å². The van der Waals surface area contributed by atoms with E-state index < -0.39 is 0 Å². The summed E-state index contributed by atoms with van der Waals surface area (Å²) in [4.78, 5) is 27.3. The molecule has 3 aromatic carbocycles. The van der Waals surface area contributed by atoms with E-state index in [9.17, 15) is 14.7 Å². The zero-order chi connectivity index (χ0) is 24.7. The van der Waals surface area contributed by atoms with Gasteiger partial charge in [0.05, 0.1) is 15.9 Å². The van der Waals surface area contributed by atoms with Gasteiger partial charge in [-0.15, -0.1) is 0 Å². The monoisotopic (exact) mass is 501 g/mol. The van der Waals surface area contributed by atoms with E-state index in [2.05, 4.69) is 42.7 Å². The van der Waals surface area contributed by atoms with Gasteiger partial charge in [0.25, 0.3) is 5.56 Å². The van der Waals surface area contributed by atoms with Crippen molar-refractivity contribution in [2.45, 2.75) is 44.3 Å². The van der Waals surface area contributed by atoms with Crippen LogP contribution in [0.1, 0.15) is 26.8 Å². The van der Waals surface area contributed by atoms with Gasteiger partial charge >= 0.3 is 5.69 Å². The van der Waals surface area contributed by atoms with Crippen LogP contribution >= 0.6 is 11.8 Å². The van der Waals surface area contributed by atoms with E-state index in [1.54, 1.807) is 22.8 Å². The molecule has 36 heavy (non-hydrogen) atoms. The fourth-order valence-electron chi connectivity index (χ4n) is 4.51. The molecule has 0 aliphatic carbocycles. The lowest BCUT2D eigenvalue weighted by molar-refractivity contribution is 0.474. The van der Waals surface area contributed by atoms with Crippen LogP contribution in [0.5, 0.6) is 5.75 Å². The summed E-state index contributed by atoms with van der Waals surface area (Å²) in [6, 6.07) is 21.4. The minimum Gasteiger partial charge on any atom is -0.508 e. The number of aromatic nitrogens is 3. The fourth-order valence-corrected chi connectivity index (χ4v) is 5.59. The first kappa shape index (κ1) is 25.4. The highest BCUT2D eigenvalue weighted by atomic mass is 32.2. The standard InChI is InChI=1S/C28H27N3O3S.CH4/c1-18(2)15-31-24-17-30(16-20-10-6-9-19-8-4-5-13-23(19)20)27(25(24)26(33)29(3)28(31)34)35-22-12-7-11-21(32)14-22;/h4-14,17-18,32H,15-16H2,1-3H3;1H4. The summed E-state index contributed by atoms with van der Waals surface area (Å²) in [6.07, 6.45) is 1.92. The predicted molar refractivity (Wildman–Crippen MR) is 148 cm³/mol. The third-order valence-corrected chi connectivity index (χ3v) is 7.26. The van der Waals surface area contributed by atoms with Crippen molar-refractivity contribution < 1.29 is 5.11 Å². The molecule has 2 aromatic heterocycles. The smallest absolute Gasteiger partial charge is 0.331 e. The van der Waals surface area contributed by atoms with Gasteiger partial charge in [-0.25, -0.2) is 4.79 Å². The molecule has 7 heteroatoms. The van der Waals surface area contributed by atoms with Gasteiger partial charge in [0, 0.05) is 31.2 Å². The van der Waals surface area contributed by atoms with Gasteiger partial charge in [0.15, 0.2) is 0 Å². The number of benzene rings is 3. The van der Waals surface area contributed by atoms with E-state index in [1.807, 2.05) is 30.5 Å². The Morgan fingerprint density at radius 2 is 1.69 bits per heavy atom. The second-order valence-corrected chi connectivity index (χ2v) is 10.3. The maximum atomic E-state index is 13.4. The molecule has 6 nitrogen and oxygen atoms in total. The van der Waals surface area contributed by atoms with Gasteiger partial charge in [-0.05, 0) is 40.5 Å². The lowest BCUT2D eigenvalue weighted by atomic mass is 10.0. The highest BCUT2D eigenvalue weighted by molar-refractivity contribution is 7.99. The molecule has 0 aliphatic heterocycles. The second kappa shape index (κ2) is 10.1. The fraction of sp³-hybridized carbons (Fsp3) is 0.241. The molecule has 0 bridgehead atoms. The molecular formula is C29H31N3O3S. The first-order chi connectivity index (χ1) is 16.8. The van der Waals surface area contributed by atoms with Crippen LogP contribution in [0.2, 0.25) is 0 Å². The molecule has 5 aromatic rings. The molecule has 0 fully saturated rings. The normalized spacial score (nSPS) is 11.3. The van der Waals surface area contributed by atoms with Crippen molar-refractivity contribution in [3.63, 3.8) is 0 Å². The summed E-state index contributed by atoms with van der Waals surface area (Å²) < 4.78 is 4.95. The molecule has 0 aliphatic rings. The lowest BCUT2D eigenvalue weighted by Gasteiger charge is -2.12. The van der Waals surface area contributed by atoms with Gasteiger partial charge in [0.1, 0.15) is 5.75 Å². The molecule has 0 amide bonds. The Bertz CT molecular complexity index is 1670. The Kier molecular flexibility index (Phi) is 7.13. The number of hydrogen-bond acceptors (Lipinski definition) is 4. The molecule has 0 saturated carbocycles. The van der Waals surface area contributed by atoms with Gasteiger partial charge < -0.3 is 9.67 Å². The summed E-state index contributed by atoms with van der Waals surface area (Å²) in [7, 11) is 1.53. The SMILES string of the molecule is C.CC(C)Cn1c(=O)n(C)c(=O)c2c(Sc3cccc(O)c3)n(Cc3cccc4ccccc34)cc21. The number of hydrogen-bond donors (Lipinski definition) is 1. The number of aromatic hydroxyl groups is 1. The van der Waals surface area contributed by atoms with Crippen molar-refractivity contribution in [3.05, 3.63) is 99.3 Å². The molecule has 0 radical (unpaired) electrons. The van der Waals surface area contributed by atoms with E-state index >= 15 is 0 Å². The molecule has 0 unspecified atom stereocenters. The Labute approximate surface area is 214 Å². The molecule has 1 N–H and O–H groups in total. The number of fused-ring (bicyclic) bond motifs is 2. The van der Waals surface area contributed by atoms with Crippen molar-refractivity contribution in [2.75, 3.05) is 0 Å². The Hall–Kier alpha value is -3.71. The van der Waals surface area contributed by atoms with E-state index in [0.29, 0.717) is 24.0 Å². The Balaban J connectivity index is 0.00000304. The average molecular weight is 502 g/mol. The Morgan fingerprint density at radius 3 is 2.44 bits per heavy atom. The van der Waals surface area contributed by atoms with Gasteiger partial charge in [-0.3, -0.25) is 13.9 Å². The minimum atomic E-state index is -0.315. The summed E-state index contributed by atoms with van der Waals surface area (Å²) in [6.45, 7) is 5.16. The Morgan fingerprint density at radius 1 is 0.972 bits per heavy atom. The lowest BCUT2D eigenvalue weighted by Crippen LogP contribution is -2.38. The van der Waals surface area contributed by atoms with Crippen LogP contribution in [0.4, 0.5) is 0 Å². The molecule has 0 atom stereocenters. The zero-order valence-electron chi connectivity index (χ0n) is 19.9. The van der Waals surface area contributed by atoms with E-state index in [-0.39, 0.29) is 30.3 Å². The van der Waals surface area contributed by atoms with Crippen molar-refractivity contribution in [3.8, 4) is 5.75 Å². The van der Waals surface area contributed by atoms with Crippen LogP contribution in [-0.2, 0) is 20.1 Å². The van der Waals surface area contributed by atoms with E-state index in [0.717, 1.165) is 26.3 Å². The summed E-state index contributed by atoms with van der Waals surface area (Å²) in [5.74, 6) is 0.396. The highest BCUT2D eigenvalue weighted by Crippen LogP contribution is 2.35. The van der Waals surface area contributed by atoms with Gasteiger partial charge in [0.2, 0.25) is 0 Å². The highest BCUT2D eigenvalue weighted by Gasteiger charge is 2.21. The number of rotatable bonds is 6. The van der Waals surface area contributed by atoms with Crippen molar-refractivity contribution in [1.29, 1.82) is 0 Å². The molecule has 186 valence electrons. The van der Waals surface area contributed by atoms with E-state index in [4.69, 9.17) is 0 Å². The molecular weight excluding hydrogens is 470 g/mol. The van der Waals surface area contributed by atoms with Crippen molar-refractivity contribution in [1.82, 2.24) is 13.7 Å². The molecule has 2 heterocycles. The second-order valence-electron chi connectivity index (χ2n) is 9.21. The van der Waals surface area contributed by atoms with Gasteiger partial charge in [-0.1, -0.05) is 81.6 Å². The molecule has 0 saturated heterocycles. The molecule has 5 rings (SSSR count). The van der Waals surface area contributed by atoms with Gasteiger partial charge in [-0.2, -0.15) is 0 Å². The third-order valence-electron chi connectivity index (χ3n) is 6.14. The maximum Gasteiger partial charge on any atom is 0.331 e. The summed E-state index contributed by atoms with van der Waals surface area (Å²) in [5.41, 5.74) is 1.13. The minimum absolute atomic E-state index is 0. The summed E-state index contributed by atoms with van der Waals surface area (Å²) >= 11 is 1.42. The molecule has 0 spiro atoms. The third kappa shape index (κ3) is 4.58. The van der Waals surface area contributed by atoms with Crippen LogP contribution in [0.15, 0.2) is 92.4 Å². The first-order valence-corrected chi connectivity index (χ1v) is 12.4. The van der Waals surface area contributed by atoms with Crippen LogP contribution in [0.25, 0.3) is 21.7 Å². The number of phenols is 1. The van der Waals surface area contributed by atoms with E-state index in [1.165, 1.54) is 23.4 Å². The number of nitrogens with zero attached hydrogens (tertiary/aromatic N) is 3. The van der Waals surface area contributed by atoms with Crippen LogP contribution in [-0.4, -0.2) is 18.8 Å².